The Morgan fingerprint density at radius 2 is 2.26 bits per heavy atom. The zero-order valence-electron chi connectivity index (χ0n) is 10.5. The molecule has 0 unspecified atom stereocenters. The maximum atomic E-state index is 5.86. The summed E-state index contributed by atoms with van der Waals surface area (Å²) in [6.07, 6.45) is 6.27. The second-order valence-electron chi connectivity index (χ2n) is 4.26. The summed E-state index contributed by atoms with van der Waals surface area (Å²) in [5.41, 5.74) is 2.02. The molecule has 3 heterocycles. The highest BCUT2D eigenvalue weighted by Gasteiger charge is 2.11. The second-order valence-corrected chi connectivity index (χ2v) is 5.96. The van der Waals surface area contributed by atoms with Crippen molar-refractivity contribution in [1.82, 2.24) is 19.5 Å². The lowest BCUT2D eigenvalue weighted by Gasteiger charge is -2.06. The minimum Gasteiger partial charge on any atom is -0.322 e. The first-order chi connectivity index (χ1) is 9.28. The number of aromatic nitrogens is 4. The zero-order chi connectivity index (χ0) is 13.2. The first-order valence-corrected chi connectivity index (χ1v) is 7.39. The first-order valence-electron chi connectivity index (χ1n) is 6.04. The van der Waals surface area contributed by atoms with Gasteiger partial charge in [0, 0.05) is 29.6 Å². The van der Waals surface area contributed by atoms with Crippen LogP contribution in [0.5, 0.6) is 0 Å². The van der Waals surface area contributed by atoms with Gasteiger partial charge in [-0.3, -0.25) is 4.98 Å². The lowest BCUT2D eigenvalue weighted by atomic mass is 10.4. The largest absolute Gasteiger partial charge is 0.322 e. The van der Waals surface area contributed by atoms with Crippen molar-refractivity contribution in [2.24, 2.45) is 0 Å². The van der Waals surface area contributed by atoms with Crippen molar-refractivity contribution in [3.05, 3.63) is 40.4 Å². The molecule has 0 aliphatic rings. The molecule has 3 aromatic rings. The quantitative estimate of drug-likeness (QED) is 0.694. The van der Waals surface area contributed by atoms with Gasteiger partial charge in [-0.05, 0) is 13.0 Å². The van der Waals surface area contributed by atoms with E-state index < -0.39 is 0 Å². The number of hydrogen-bond donors (Lipinski definition) is 0. The van der Waals surface area contributed by atoms with Crippen LogP contribution in [0.1, 0.15) is 15.7 Å². The Balaban J connectivity index is 2.06. The molecule has 6 heteroatoms. The van der Waals surface area contributed by atoms with E-state index in [0.717, 1.165) is 34.8 Å². The SMILES string of the molecule is Cc1ncc(Cn2c(CCCl)nc3cnccc32)s1. The minimum absolute atomic E-state index is 0.568. The highest BCUT2D eigenvalue weighted by molar-refractivity contribution is 7.11. The topological polar surface area (TPSA) is 43.6 Å². The van der Waals surface area contributed by atoms with Gasteiger partial charge in [-0.15, -0.1) is 22.9 Å². The summed E-state index contributed by atoms with van der Waals surface area (Å²) in [5.74, 6) is 1.57. The third-order valence-corrected chi connectivity index (χ3v) is 4.02. The van der Waals surface area contributed by atoms with E-state index >= 15 is 0 Å². The fraction of sp³-hybridized carbons (Fsp3) is 0.308. The molecular formula is C13H13ClN4S. The van der Waals surface area contributed by atoms with Crippen LogP contribution < -0.4 is 0 Å². The molecule has 0 N–H and O–H groups in total. The van der Waals surface area contributed by atoms with Crippen LogP contribution in [-0.2, 0) is 13.0 Å². The van der Waals surface area contributed by atoms with Crippen LogP contribution in [0.15, 0.2) is 24.7 Å². The zero-order valence-corrected chi connectivity index (χ0v) is 12.1. The molecule has 98 valence electrons. The third kappa shape index (κ3) is 2.48. The highest BCUT2D eigenvalue weighted by atomic mass is 35.5. The highest BCUT2D eigenvalue weighted by Crippen LogP contribution is 2.20. The van der Waals surface area contributed by atoms with Crippen LogP contribution in [0, 0.1) is 6.92 Å². The lowest BCUT2D eigenvalue weighted by molar-refractivity contribution is 0.762. The van der Waals surface area contributed by atoms with E-state index in [1.807, 2.05) is 19.2 Å². The fourth-order valence-electron chi connectivity index (χ4n) is 2.12. The van der Waals surface area contributed by atoms with Gasteiger partial charge in [0.2, 0.25) is 0 Å². The van der Waals surface area contributed by atoms with E-state index in [9.17, 15) is 0 Å². The molecule has 0 saturated carbocycles. The van der Waals surface area contributed by atoms with Gasteiger partial charge >= 0.3 is 0 Å². The Hall–Kier alpha value is -1.46. The van der Waals surface area contributed by atoms with E-state index in [1.54, 1.807) is 23.7 Å². The van der Waals surface area contributed by atoms with Gasteiger partial charge < -0.3 is 4.57 Å². The molecule has 0 amide bonds. The Morgan fingerprint density at radius 3 is 3.00 bits per heavy atom. The number of imidazole rings is 1. The lowest BCUT2D eigenvalue weighted by Crippen LogP contribution is -2.04. The smallest absolute Gasteiger partial charge is 0.111 e. The molecule has 0 bridgehead atoms. The van der Waals surface area contributed by atoms with Crippen LogP contribution in [0.3, 0.4) is 0 Å². The molecule has 3 aromatic heterocycles. The van der Waals surface area contributed by atoms with E-state index in [4.69, 9.17) is 11.6 Å². The number of hydrogen-bond acceptors (Lipinski definition) is 4. The van der Waals surface area contributed by atoms with Crippen LogP contribution in [0.2, 0.25) is 0 Å². The van der Waals surface area contributed by atoms with Crippen molar-refractivity contribution in [2.45, 2.75) is 19.9 Å². The predicted octanol–water partition coefficient (Wildman–Crippen LogP) is 3.03. The van der Waals surface area contributed by atoms with E-state index in [0.29, 0.717) is 5.88 Å². The maximum Gasteiger partial charge on any atom is 0.111 e. The average Bonchev–Trinajstić information content (AvgIpc) is 2.96. The summed E-state index contributed by atoms with van der Waals surface area (Å²) >= 11 is 7.58. The Morgan fingerprint density at radius 1 is 1.37 bits per heavy atom. The van der Waals surface area contributed by atoms with Crippen LogP contribution in [-0.4, -0.2) is 25.4 Å². The molecule has 3 rings (SSSR count). The molecule has 0 atom stereocenters. The van der Waals surface area contributed by atoms with Crippen LogP contribution in [0.25, 0.3) is 11.0 Å². The molecule has 0 fully saturated rings. The van der Waals surface area contributed by atoms with E-state index in [-0.39, 0.29) is 0 Å². The van der Waals surface area contributed by atoms with Crippen molar-refractivity contribution < 1.29 is 0 Å². The molecule has 4 nitrogen and oxygen atoms in total. The van der Waals surface area contributed by atoms with Gasteiger partial charge in [-0.1, -0.05) is 0 Å². The number of aryl methyl sites for hydroxylation is 2. The minimum atomic E-state index is 0.568. The van der Waals surface area contributed by atoms with E-state index in [2.05, 4.69) is 19.5 Å². The Kier molecular flexibility index (Phi) is 3.48. The molecule has 0 aromatic carbocycles. The van der Waals surface area contributed by atoms with Gasteiger partial charge in [0.15, 0.2) is 0 Å². The summed E-state index contributed by atoms with van der Waals surface area (Å²) < 4.78 is 2.20. The van der Waals surface area contributed by atoms with Gasteiger partial charge in [0.05, 0.1) is 23.3 Å². The number of thiazole rings is 1. The monoisotopic (exact) mass is 292 g/mol. The summed E-state index contributed by atoms with van der Waals surface area (Å²) in [6.45, 7) is 2.81. The maximum absolute atomic E-state index is 5.86. The van der Waals surface area contributed by atoms with E-state index in [1.165, 1.54) is 4.88 Å². The number of halogens is 1. The van der Waals surface area contributed by atoms with Crippen molar-refractivity contribution in [1.29, 1.82) is 0 Å². The molecule has 0 radical (unpaired) electrons. The Bertz CT molecular complexity index is 704. The molecule has 0 aliphatic carbocycles. The number of rotatable bonds is 4. The fourth-order valence-corrected chi connectivity index (χ4v) is 3.07. The number of nitrogens with zero attached hydrogens (tertiary/aromatic N) is 4. The van der Waals surface area contributed by atoms with Crippen molar-refractivity contribution in [3.63, 3.8) is 0 Å². The van der Waals surface area contributed by atoms with Gasteiger partial charge in [-0.2, -0.15) is 0 Å². The molecular weight excluding hydrogens is 280 g/mol. The van der Waals surface area contributed by atoms with Crippen molar-refractivity contribution >= 4 is 34.0 Å². The predicted molar refractivity (Wildman–Crippen MR) is 77.9 cm³/mol. The number of pyridine rings is 1. The van der Waals surface area contributed by atoms with Crippen molar-refractivity contribution in [3.8, 4) is 0 Å². The normalized spacial score (nSPS) is 11.3. The standard InChI is InChI=1S/C13H13ClN4S/c1-9-16-6-10(19-9)8-18-12-3-5-15-7-11(12)17-13(18)2-4-14/h3,5-7H,2,4,8H2,1H3. The van der Waals surface area contributed by atoms with Gasteiger partial charge in [-0.25, -0.2) is 9.97 Å². The summed E-state index contributed by atoms with van der Waals surface area (Å²) in [4.78, 5) is 14.3. The van der Waals surface area contributed by atoms with Crippen molar-refractivity contribution in [2.75, 3.05) is 5.88 Å². The number of fused-ring (bicyclic) bond motifs is 1. The van der Waals surface area contributed by atoms with Crippen LogP contribution in [0.4, 0.5) is 0 Å². The summed E-state index contributed by atoms with van der Waals surface area (Å²) in [7, 11) is 0. The summed E-state index contributed by atoms with van der Waals surface area (Å²) in [6, 6.07) is 1.99. The van der Waals surface area contributed by atoms with Gasteiger partial charge in [0.25, 0.3) is 0 Å². The summed E-state index contributed by atoms with van der Waals surface area (Å²) in [5, 5.41) is 1.08. The van der Waals surface area contributed by atoms with Gasteiger partial charge in [0.1, 0.15) is 11.3 Å². The molecule has 19 heavy (non-hydrogen) atoms. The van der Waals surface area contributed by atoms with Crippen LogP contribution >= 0.6 is 22.9 Å². The second kappa shape index (κ2) is 5.27. The number of alkyl halides is 1. The molecule has 0 saturated heterocycles. The Labute approximate surface area is 120 Å². The third-order valence-electron chi connectivity index (χ3n) is 2.93. The molecule has 0 aliphatic heterocycles. The molecule has 0 spiro atoms. The average molecular weight is 293 g/mol. The first kappa shape index (κ1) is 12.6.